The van der Waals surface area contributed by atoms with Crippen molar-refractivity contribution in [3.8, 4) is 0 Å². The fourth-order valence-corrected chi connectivity index (χ4v) is 5.51. The molecule has 6 heteroatoms. The quantitative estimate of drug-likeness (QED) is 0.476. The first kappa shape index (κ1) is 16.3. The van der Waals surface area contributed by atoms with E-state index in [0.29, 0.717) is 0 Å². The lowest BCUT2D eigenvalue weighted by molar-refractivity contribution is 0.123. The van der Waals surface area contributed by atoms with Crippen LogP contribution in [0.1, 0.15) is 20.3 Å². The molecule has 0 aromatic carbocycles. The Kier molecular flexibility index (Phi) is 7.77. The van der Waals surface area contributed by atoms with Crippen molar-refractivity contribution >= 4 is 15.9 Å². The largest absolute Gasteiger partial charge is 0.500 e. The molecule has 16 heavy (non-hydrogen) atoms. The van der Waals surface area contributed by atoms with Gasteiger partial charge in [0.25, 0.3) is 0 Å². The van der Waals surface area contributed by atoms with Gasteiger partial charge < -0.3 is 17.8 Å². The van der Waals surface area contributed by atoms with E-state index in [2.05, 4.69) is 0 Å². The fraction of sp³-hybridized carbons (Fsp3) is 1.00. The van der Waals surface area contributed by atoms with E-state index in [9.17, 15) is 4.57 Å². The Labute approximate surface area is 100 Å². The third-order valence-electron chi connectivity index (χ3n) is 3.13. The van der Waals surface area contributed by atoms with Crippen LogP contribution in [-0.2, 0) is 17.8 Å². The molecule has 0 aliphatic heterocycles. The van der Waals surface area contributed by atoms with Crippen molar-refractivity contribution < 1.29 is 17.8 Å². The summed E-state index contributed by atoms with van der Waals surface area (Å²) in [5.74, 6) is 0. The molecule has 0 rings (SSSR count). The smallest absolute Gasteiger partial charge is 0.377 e. The predicted molar refractivity (Wildman–Crippen MR) is 69.8 cm³/mol. The van der Waals surface area contributed by atoms with Crippen LogP contribution < -0.4 is 0 Å². The Bertz CT molecular complexity index is 215. The highest BCUT2D eigenvalue weighted by Crippen LogP contribution is 2.45. The summed E-state index contributed by atoms with van der Waals surface area (Å²) in [6.07, 6.45) is 3.18. The molecule has 0 bridgehead atoms. The molecule has 0 heterocycles. The normalized spacial score (nSPS) is 13.1. The van der Waals surface area contributed by atoms with E-state index in [4.69, 9.17) is 13.3 Å². The van der Waals surface area contributed by atoms with Gasteiger partial charge in [-0.25, -0.2) is 0 Å². The van der Waals surface area contributed by atoms with Crippen LogP contribution in [0.15, 0.2) is 0 Å². The molecule has 0 saturated carbocycles. The van der Waals surface area contributed by atoms with Gasteiger partial charge in [-0.1, -0.05) is 13.8 Å². The molecular formula is C10H25O4PSi. The molecular weight excluding hydrogens is 243 g/mol. The molecule has 0 radical (unpaired) electrons. The molecule has 0 aromatic heterocycles. The summed E-state index contributed by atoms with van der Waals surface area (Å²) in [4.78, 5) is 0. The SMILES string of the molecule is CCP(=O)(CC)CCC[Si](OC)(OC)OC. The molecule has 0 fully saturated rings. The van der Waals surface area contributed by atoms with Gasteiger partial charge in [0.05, 0.1) is 7.14 Å². The predicted octanol–water partition coefficient (Wildman–Crippen LogP) is 2.66. The first-order chi connectivity index (χ1) is 7.51. The average Bonchev–Trinajstić information content (AvgIpc) is 2.35. The van der Waals surface area contributed by atoms with Crippen LogP contribution in [0.5, 0.6) is 0 Å². The Hall–Kier alpha value is 0.327. The number of hydrogen-bond donors (Lipinski definition) is 0. The van der Waals surface area contributed by atoms with Gasteiger partial charge in [-0.15, -0.1) is 0 Å². The molecule has 0 spiro atoms. The van der Waals surface area contributed by atoms with E-state index in [1.807, 2.05) is 13.8 Å². The van der Waals surface area contributed by atoms with Crippen LogP contribution in [0.3, 0.4) is 0 Å². The molecule has 98 valence electrons. The molecule has 4 nitrogen and oxygen atoms in total. The van der Waals surface area contributed by atoms with Crippen molar-refractivity contribution in [3.05, 3.63) is 0 Å². The van der Waals surface area contributed by atoms with E-state index < -0.39 is 15.9 Å². The summed E-state index contributed by atoms with van der Waals surface area (Å²) >= 11 is 0. The Morgan fingerprint density at radius 2 is 1.44 bits per heavy atom. The lowest BCUT2D eigenvalue weighted by Crippen LogP contribution is -2.42. The summed E-state index contributed by atoms with van der Waals surface area (Å²) < 4.78 is 28.2. The van der Waals surface area contributed by atoms with Gasteiger partial charge in [0, 0.05) is 33.5 Å². The van der Waals surface area contributed by atoms with Crippen molar-refractivity contribution in [1.82, 2.24) is 0 Å². The second-order valence-corrected chi connectivity index (χ2v) is 10.7. The van der Waals surface area contributed by atoms with Crippen molar-refractivity contribution in [2.75, 3.05) is 39.8 Å². The Balaban J connectivity index is 4.18. The molecule has 0 aliphatic rings. The lowest BCUT2D eigenvalue weighted by Gasteiger charge is -2.25. The summed E-state index contributed by atoms with van der Waals surface area (Å²) in [7, 11) is 0.422. The van der Waals surface area contributed by atoms with E-state index in [1.165, 1.54) is 0 Å². The molecule has 0 unspecified atom stereocenters. The van der Waals surface area contributed by atoms with E-state index in [1.54, 1.807) is 21.3 Å². The second-order valence-electron chi connectivity index (χ2n) is 3.81. The standard InChI is InChI=1S/C10H25O4PSi/c1-6-15(11,7-2)9-8-10-16(12-3,13-4)14-5/h6-10H2,1-5H3. The summed E-state index contributed by atoms with van der Waals surface area (Å²) in [6.45, 7) is 4.00. The monoisotopic (exact) mass is 268 g/mol. The maximum absolute atomic E-state index is 12.2. The molecule has 0 amide bonds. The van der Waals surface area contributed by atoms with Gasteiger partial charge in [-0.2, -0.15) is 0 Å². The zero-order valence-corrected chi connectivity index (χ0v) is 13.0. The van der Waals surface area contributed by atoms with Crippen molar-refractivity contribution in [2.45, 2.75) is 26.3 Å². The minimum Gasteiger partial charge on any atom is -0.377 e. The molecule has 0 aliphatic carbocycles. The minimum absolute atomic E-state index is 0.737. The lowest BCUT2D eigenvalue weighted by atomic mass is 10.6. The third-order valence-corrected chi connectivity index (χ3v) is 9.40. The summed E-state index contributed by atoms with van der Waals surface area (Å²) in [5, 5.41) is 0. The summed E-state index contributed by atoms with van der Waals surface area (Å²) in [6, 6.07) is 0.737. The summed E-state index contributed by atoms with van der Waals surface area (Å²) in [5.41, 5.74) is 0. The number of rotatable bonds is 9. The van der Waals surface area contributed by atoms with Gasteiger partial charge in [0.2, 0.25) is 0 Å². The second kappa shape index (κ2) is 7.61. The first-order valence-corrected chi connectivity index (χ1v) is 9.93. The van der Waals surface area contributed by atoms with E-state index in [0.717, 1.165) is 31.0 Å². The van der Waals surface area contributed by atoms with Gasteiger partial charge >= 0.3 is 8.80 Å². The van der Waals surface area contributed by atoms with Crippen LogP contribution in [0.4, 0.5) is 0 Å². The molecule has 0 atom stereocenters. The van der Waals surface area contributed by atoms with Crippen LogP contribution >= 0.6 is 7.14 Å². The average molecular weight is 268 g/mol. The van der Waals surface area contributed by atoms with Crippen LogP contribution in [0.25, 0.3) is 0 Å². The highest BCUT2D eigenvalue weighted by Gasteiger charge is 2.37. The minimum atomic E-state index is -2.46. The molecule has 0 N–H and O–H groups in total. The van der Waals surface area contributed by atoms with Crippen LogP contribution in [0.2, 0.25) is 6.04 Å². The number of hydrogen-bond acceptors (Lipinski definition) is 4. The third kappa shape index (κ3) is 4.68. The van der Waals surface area contributed by atoms with Gasteiger partial charge in [-0.05, 0) is 18.7 Å². The van der Waals surface area contributed by atoms with Crippen LogP contribution in [-0.4, -0.2) is 48.6 Å². The van der Waals surface area contributed by atoms with E-state index >= 15 is 0 Å². The van der Waals surface area contributed by atoms with Crippen molar-refractivity contribution in [3.63, 3.8) is 0 Å². The Morgan fingerprint density at radius 3 is 1.75 bits per heavy atom. The van der Waals surface area contributed by atoms with Crippen molar-refractivity contribution in [1.29, 1.82) is 0 Å². The van der Waals surface area contributed by atoms with Gasteiger partial charge in [0.1, 0.15) is 0 Å². The van der Waals surface area contributed by atoms with Gasteiger partial charge in [-0.3, -0.25) is 0 Å². The van der Waals surface area contributed by atoms with Crippen molar-refractivity contribution in [2.24, 2.45) is 0 Å². The van der Waals surface area contributed by atoms with Crippen LogP contribution in [0, 0.1) is 0 Å². The zero-order valence-electron chi connectivity index (χ0n) is 11.1. The van der Waals surface area contributed by atoms with E-state index in [-0.39, 0.29) is 0 Å². The Morgan fingerprint density at radius 1 is 1.00 bits per heavy atom. The topological polar surface area (TPSA) is 44.8 Å². The highest BCUT2D eigenvalue weighted by atomic mass is 31.2. The molecule has 0 aromatic rings. The maximum Gasteiger partial charge on any atom is 0.500 e. The first-order valence-electron chi connectivity index (χ1n) is 5.74. The zero-order chi connectivity index (χ0) is 12.7. The fourth-order valence-electron chi connectivity index (χ4n) is 1.68. The molecule has 0 saturated heterocycles. The van der Waals surface area contributed by atoms with Gasteiger partial charge in [0.15, 0.2) is 0 Å². The highest BCUT2D eigenvalue weighted by molar-refractivity contribution is 7.63. The maximum atomic E-state index is 12.2.